The number of nitrogens with one attached hydrogen (secondary N) is 1. The van der Waals surface area contributed by atoms with Gasteiger partial charge in [0.2, 0.25) is 0 Å². The zero-order valence-electron chi connectivity index (χ0n) is 14.7. The van der Waals surface area contributed by atoms with Crippen molar-refractivity contribution in [3.05, 3.63) is 75.7 Å². The fourth-order valence-corrected chi connectivity index (χ4v) is 4.47. The Balaban J connectivity index is 1.58. The van der Waals surface area contributed by atoms with Gasteiger partial charge in [0.25, 0.3) is 5.91 Å². The maximum absolute atomic E-state index is 12.4. The van der Waals surface area contributed by atoms with Crippen molar-refractivity contribution in [2.24, 2.45) is 0 Å². The summed E-state index contributed by atoms with van der Waals surface area (Å²) in [6.45, 7) is 2.02. The van der Waals surface area contributed by atoms with Gasteiger partial charge < -0.3 is 5.32 Å². The average Bonchev–Trinajstić information content (AvgIpc) is 3.06. The first-order valence-corrected chi connectivity index (χ1v) is 11.4. The van der Waals surface area contributed by atoms with Crippen LogP contribution in [-0.4, -0.2) is 17.1 Å². The smallest absolute Gasteiger partial charge is 0.255 e. The van der Waals surface area contributed by atoms with Gasteiger partial charge in [-0.3, -0.25) is 4.79 Å². The van der Waals surface area contributed by atoms with E-state index in [-0.39, 0.29) is 5.91 Å². The topological polar surface area (TPSA) is 42.0 Å². The molecule has 0 fully saturated rings. The first-order valence-electron chi connectivity index (χ1n) is 8.17. The molecule has 0 aliphatic heterocycles. The largest absolute Gasteiger partial charge is 0.322 e. The number of benzene rings is 2. The molecule has 6 heteroatoms. The van der Waals surface area contributed by atoms with Gasteiger partial charge in [0.05, 0.1) is 10.7 Å². The predicted molar refractivity (Wildman–Crippen MR) is 114 cm³/mol. The second-order valence-electron chi connectivity index (χ2n) is 5.76. The summed E-state index contributed by atoms with van der Waals surface area (Å²) in [5.74, 6) is 1.70. The molecule has 3 nitrogen and oxygen atoms in total. The van der Waals surface area contributed by atoms with E-state index in [9.17, 15) is 4.79 Å². The minimum absolute atomic E-state index is 0.0852. The third kappa shape index (κ3) is 5.37. The number of aromatic nitrogens is 1. The molecule has 26 heavy (non-hydrogen) atoms. The predicted octanol–water partition coefficient (Wildman–Crippen LogP) is 5.86. The van der Waals surface area contributed by atoms with Crippen LogP contribution < -0.4 is 5.32 Å². The van der Waals surface area contributed by atoms with Gasteiger partial charge in [0, 0.05) is 33.0 Å². The van der Waals surface area contributed by atoms with Crippen molar-refractivity contribution in [2.45, 2.75) is 23.3 Å². The maximum atomic E-state index is 12.4. The van der Waals surface area contributed by atoms with E-state index in [0.29, 0.717) is 5.56 Å². The molecule has 0 bridgehead atoms. The van der Waals surface area contributed by atoms with Gasteiger partial charge in [-0.2, -0.15) is 11.8 Å². The summed E-state index contributed by atoms with van der Waals surface area (Å²) in [4.78, 5) is 18.0. The van der Waals surface area contributed by atoms with E-state index in [2.05, 4.69) is 28.0 Å². The molecular weight excluding hydrogens is 380 g/mol. The normalized spacial score (nSPS) is 10.7. The minimum atomic E-state index is -0.0852. The molecule has 1 heterocycles. The van der Waals surface area contributed by atoms with Crippen molar-refractivity contribution in [3.8, 4) is 0 Å². The Hall–Kier alpha value is -1.76. The standard InChI is InChI=1S/C20H20N2OS3/c1-14-21-18(12-25-14)13-26-19-8-6-16(7-9-19)20(23)22-17-5-3-4-15(10-17)11-24-2/h3-10,12H,11,13H2,1-2H3,(H,22,23). The molecule has 0 atom stereocenters. The van der Waals surface area contributed by atoms with Crippen LogP contribution >= 0.6 is 34.9 Å². The number of aryl methyl sites for hydroxylation is 1. The van der Waals surface area contributed by atoms with E-state index >= 15 is 0 Å². The van der Waals surface area contributed by atoms with Crippen molar-refractivity contribution in [3.63, 3.8) is 0 Å². The van der Waals surface area contributed by atoms with E-state index in [4.69, 9.17) is 0 Å². The van der Waals surface area contributed by atoms with Crippen LogP contribution in [0.25, 0.3) is 0 Å². The van der Waals surface area contributed by atoms with E-state index in [1.54, 1.807) is 34.9 Å². The van der Waals surface area contributed by atoms with Crippen LogP contribution in [0.1, 0.15) is 26.6 Å². The van der Waals surface area contributed by atoms with Gasteiger partial charge in [-0.05, 0) is 55.1 Å². The molecule has 2 aromatic carbocycles. The first-order chi connectivity index (χ1) is 12.6. The van der Waals surface area contributed by atoms with E-state index in [1.165, 1.54) is 5.56 Å². The number of carbonyl (C=O) groups excluding carboxylic acids is 1. The quantitative estimate of drug-likeness (QED) is 0.504. The lowest BCUT2D eigenvalue weighted by molar-refractivity contribution is 0.102. The Labute approximate surface area is 166 Å². The number of rotatable bonds is 7. The van der Waals surface area contributed by atoms with Gasteiger partial charge >= 0.3 is 0 Å². The number of carbonyl (C=O) groups is 1. The number of anilines is 1. The second-order valence-corrected chi connectivity index (χ2v) is 8.74. The Bertz CT molecular complexity index is 875. The molecule has 3 rings (SSSR count). The summed E-state index contributed by atoms with van der Waals surface area (Å²) >= 11 is 5.17. The third-order valence-corrected chi connectivity index (χ3v) is 6.16. The fourth-order valence-electron chi connectivity index (χ4n) is 2.44. The lowest BCUT2D eigenvalue weighted by Crippen LogP contribution is -2.11. The summed E-state index contributed by atoms with van der Waals surface area (Å²) in [5, 5.41) is 6.16. The lowest BCUT2D eigenvalue weighted by Gasteiger charge is -2.08. The molecule has 3 aromatic rings. The Morgan fingerprint density at radius 1 is 1.15 bits per heavy atom. The Morgan fingerprint density at radius 3 is 2.65 bits per heavy atom. The molecule has 0 aliphatic rings. The number of hydrogen-bond donors (Lipinski definition) is 1. The highest BCUT2D eigenvalue weighted by atomic mass is 32.2. The van der Waals surface area contributed by atoms with Crippen molar-refractivity contribution in [1.82, 2.24) is 4.98 Å². The molecule has 134 valence electrons. The molecule has 0 radical (unpaired) electrons. The van der Waals surface area contributed by atoms with Crippen molar-refractivity contribution >= 4 is 46.5 Å². The van der Waals surface area contributed by atoms with Gasteiger partial charge in [-0.25, -0.2) is 4.98 Å². The Morgan fingerprint density at radius 2 is 1.96 bits per heavy atom. The summed E-state index contributed by atoms with van der Waals surface area (Å²) in [7, 11) is 0. The van der Waals surface area contributed by atoms with Crippen LogP contribution in [0.5, 0.6) is 0 Å². The fraction of sp³-hybridized carbons (Fsp3) is 0.200. The molecule has 0 aliphatic carbocycles. The van der Waals surface area contributed by atoms with E-state index in [1.807, 2.05) is 49.4 Å². The van der Waals surface area contributed by atoms with Crippen LogP contribution in [0, 0.1) is 6.92 Å². The highest BCUT2D eigenvalue weighted by molar-refractivity contribution is 7.98. The van der Waals surface area contributed by atoms with Crippen molar-refractivity contribution in [2.75, 3.05) is 11.6 Å². The molecule has 0 saturated heterocycles. The summed E-state index contributed by atoms with van der Waals surface area (Å²) in [6.07, 6.45) is 2.07. The monoisotopic (exact) mass is 400 g/mol. The summed E-state index contributed by atoms with van der Waals surface area (Å²) in [6, 6.07) is 15.7. The van der Waals surface area contributed by atoms with Gasteiger partial charge in [-0.15, -0.1) is 23.1 Å². The van der Waals surface area contributed by atoms with Gasteiger partial charge in [0.1, 0.15) is 0 Å². The van der Waals surface area contributed by atoms with Crippen LogP contribution in [0.3, 0.4) is 0 Å². The van der Waals surface area contributed by atoms with E-state index < -0.39 is 0 Å². The van der Waals surface area contributed by atoms with Crippen LogP contribution in [0.4, 0.5) is 5.69 Å². The molecule has 1 aromatic heterocycles. The number of amides is 1. The molecule has 0 saturated carbocycles. The SMILES string of the molecule is CSCc1cccc(NC(=O)c2ccc(SCc3csc(C)n3)cc2)c1. The van der Waals surface area contributed by atoms with Crippen molar-refractivity contribution < 1.29 is 4.79 Å². The molecular formula is C20H20N2OS3. The number of thioether (sulfide) groups is 2. The minimum Gasteiger partial charge on any atom is -0.322 e. The molecule has 0 spiro atoms. The first kappa shape index (κ1) is 19.0. The number of hydrogen-bond acceptors (Lipinski definition) is 5. The zero-order valence-corrected chi connectivity index (χ0v) is 17.1. The maximum Gasteiger partial charge on any atom is 0.255 e. The Kier molecular flexibility index (Phi) is 6.77. The lowest BCUT2D eigenvalue weighted by atomic mass is 10.2. The van der Waals surface area contributed by atoms with Crippen LogP contribution in [0.2, 0.25) is 0 Å². The summed E-state index contributed by atoms with van der Waals surface area (Å²) in [5.41, 5.74) is 3.80. The van der Waals surface area contributed by atoms with Gasteiger partial charge in [0.15, 0.2) is 0 Å². The summed E-state index contributed by atoms with van der Waals surface area (Å²) < 4.78 is 0. The van der Waals surface area contributed by atoms with E-state index in [0.717, 1.165) is 32.8 Å². The van der Waals surface area contributed by atoms with Gasteiger partial charge in [-0.1, -0.05) is 12.1 Å². The third-order valence-electron chi connectivity index (χ3n) is 3.67. The van der Waals surface area contributed by atoms with Crippen LogP contribution in [-0.2, 0) is 11.5 Å². The highest BCUT2D eigenvalue weighted by Crippen LogP contribution is 2.24. The zero-order chi connectivity index (χ0) is 18.4. The molecule has 0 unspecified atom stereocenters. The number of nitrogens with zero attached hydrogens (tertiary/aromatic N) is 1. The van der Waals surface area contributed by atoms with Crippen LogP contribution in [0.15, 0.2) is 58.8 Å². The van der Waals surface area contributed by atoms with Crippen molar-refractivity contribution in [1.29, 1.82) is 0 Å². The molecule has 1 amide bonds. The number of thiazole rings is 1. The molecule has 1 N–H and O–H groups in total. The average molecular weight is 401 g/mol. The highest BCUT2D eigenvalue weighted by Gasteiger charge is 2.07. The second kappa shape index (κ2) is 9.26.